The monoisotopic (exact) mass is 291 g/mol. The lowest BCUT2D eigenvalue weighted by Crippen LogP contribution is -2.12. The molecular weight excluding hydrogens is 276 g/mol. The Hall–Kier alpha value is -1.46. The Morgan fingerprint density at radius 3 is 2.42 bits per heavy atom. The summed E-state index contributed by atoms with van der Waals surface area (Å²) in [6, 6.07) is 5.11. The molecule has 0 aromatic heterocycles. The molecule has 0 saturated heterocycles. The molecule has 0 saturated carbocycles. The van der Waals surface area contributed by atoms with Crippen molar-refractivity contribution in [3.8, 4) is 5.75 Å². The lowest BCUT2D eigenvalue weighted by Gasteiger charge is -2.20. The van der Waals surface area contributed by atoms with Crippen LogP contribution in [0.5, 0.6) is 5.75 Å². The maximum atomic E-state index is 12.4. The van der Waals surface area contributed by atoms with Gasteiger partial charge in [-0.1, -0.05) is 6.92 Å². The van der Waals surface area contributed by atoms with Crippen LogP contribution < -0.4 is 4.52 Å². The van der Waals surface area contributed by atoms with E-state index in [4.69, 9.17) is 9.05 Å². The predicted octanol–water partition coefficient (Wildman–Crippen LogP) is 3.56. The molecule has 1 rings (SSSR count). The van der Waals surface area contributed by atoms with Crippen molar-refractivity contribution >= 4 is 13.3 Å². The first-order valence-corrected chi connectivity index (χ1v) is 7.40. The smallest absolute Gasteiger partial charge is 0.379 e. The van der Waals surface area contributed by atoms with Gasteiger partial charge in [-0.2, -0.15) is 0 Å². The fourth-order valence-electron chi connectivity index (χ4n) is 1.25. The van der Waals surface area contributed by atoms with Gasteiger partial charge in [0.1, 0.15) is 12.4 Å². The lowest BCUT2D eigenvalue weighted by atomic mass is 10.3. The van der Waals surface area contributed by atoms with E-state index < -0.39 is 25.3 Å². The van der Waals surface area contributed by atoms with Crippen LogP contribution in [0.4, 0.5) is 10.1 Å². The van der Waals surface area contributed by atoms with Gasteiger partial charge in [0.2, 0.25) is 0 Å². The summed E-state index contributed by atoms with van der Waals surface area (Å²) in [6.45, 7) is 2.27. The summed E-state index contributed by atoms with van der Waals surface area (Å²) in [5.41, 5.74) is -0.100. The molecule has 2 atom stereocenters. The van der Waals surface area contributed by atoms with Crippen molar-refractivity contribution in [3.63, 3.8) is 0 Å². The van der Waals surface area contributed by atoms with Crippen molar-refractivity contribution in [2.75, 3.05) is 12.8 Å². The first-order chi connectivity index (χ1) is 8.90. The Bertz CT molecular complexity index is 478. The zero-order valence-electron chi connectivity index (χ0n) is 10.6. The highest BCUT2D eigenvalue weighted by Crippen LogP contribution is 2.49. The quantitative estimate of drug-likeness (QED) is 0.436. The van der Waals surface area contributed by atoms with Crippen LogP contribution in [-0.2, 0) is 9.09 Å². The summed E-state index contributed by atoms with van der Waals surface area (Å²) in [7, 11) is -3.44. The molecule has 0 radical (unpaired) electrons. The molecule has 19 heavy (non-hydrogen) atoms. The number of alkyl halides is 1. The SMILES string of the molecule is CCP(=O)(Oc1ccc([N+](=O)[O-])cc1)OC(C)CF. The van der Waals surface area contributed by atoms with Crippen LogP contribution in [0.15, 0.2) is 24.3 Å². The van der Waals surface area contributed by atoms with Gasteiger partial charge in [0, 0.05) is 12.1 Å². The van der Waals surface area contributed by atoms with Crippen molar-refractivity contribution in [1.82, 2.24) is 0 Å². The van der Waals surface area contributed by atoms with Gasteiger partial charge in [-0.15, -0.1) is 0 Å². The summed E-state index contributed by atoms with van der Waals surface area (Å²) in [5, 5.41) is 10.5. The van der Waals surface area contributed by atoms with Gasteiger partial charge < -0.3 is 4.52 Å². The van der Waals surface area contributed by atoms with Crippen molar-refractivity contribution in [2.45, 2.75) is 20.0 Å². The van der Waals surface area contributed by atoms with Crippen LogP contribution >= 0.6 is 7.60 Å². The predicted molar refractivity (Wildman–Crippen MR) is 68.4 cm³/mol. The maximum absolute atomic E-state index is 12.4. The number of rotatable bonds is 7. The molecule has 2 unspecified atom stereocenters. The molecule has 0 aliphatic carbocycles. The normalized spacial score (nSPS) is 15.5. The fraction of sp³-hybridized carbons (Fsp3) is 0.455. The Morgan fingerprint density at radius 1 is 1.42 bits per heavy atom. The number of nitro groups is 1. The summed E-state index contributed by atoms with van der Waals surface area (Å²) in [6.07, 6.45) is -0.752. The summed E-state index contributed by atoms with van der Waals surface area (Å²) in [4.78, 5) is 9.93. The summed E-state index contributed by atoms with van der Waals surface area (Å²) >= 11 is 0. The van der Waals surface area contributed by atoms with Gasteiger partial charge in [-0.3, -0.25) is 14.6 Å². The molecule has 8 heteroatoms. The highest BCUT2D eigenvalue weighted by atomic mass is 31.2. The molecule has 0 N–H and O–H groups in total. The minimum atomic E-state index is -3.44. The molecule has 0 fully saturated rings. The molecule has 1 aromatic carbocycles. The topological polar surface area (TPSA) is 78.7 Å². The van der Waals surface area contributed by atoms with Gasteiger partial charge in [0.15, 0.2) is 0 Å². The third kappa shape index (κ3) is 4.61. The Morgan fingerprint density at radius 2 is 2.00 bits per heavy atom. The van der Waals surface area contributed by atoms with E-state index >= 15 is 0 Å². The van der Waals surface area contributed by atoms with E-state index in [-0.39, 0.29) is 17.6 Å². The van der Waals surface area contributed by atoms with Crippen molar-refractivity contribution in [1.29, 1.82) is 0 Å². The Labute approximate surface area is 110 Å². The van der Waals surface area contributed by atoms with Gasteiger partial charge in [-0.25, -0.2) is 8.96 Å². The minimum absolute atomic E-state index is 0.0777. The third-order valence-electron chi connectivity index (χ3n) is 2.24. The average molecular weight is 291 g/mol. The molecule has 0 aliphatic heterocycles. The molecule has 0 amide bonds. The third-order valence-corrected chi connectivity index (χ3v) is 4.18. The number of nitro benzene ring substituents is 1. The second kappa shape index (κ2) is 6.63. The van der Waals surface area contributed by atoms with E-state index in [1.54, 1.807) is 6.92 Å². The number of halogens is 1. The van der Waals surface area contributed by atoms with E-state index in [0.29, 0.717) is 0 Å². The highest BCUT2D eigenvalue weighted by molar-refractivity contribution is 7.54. The van der Waals surface area contributed by atoms with Crippen LogP contribution in [-0.4, -0.2) is 23.9 Å². The molecule has 0 aliphatic rings. The largest absolute Gasteiger partial charge is 0.424 e. The van der Waals surface area contributed by atoms with Crippen molar-refractivity contribution < 1.29 is 22.9 Å². The van der Waals surface area contributed by atoms with E-state index in [1.165, 1.54) is 31.2 Å². The molecule has 0 heterocycles. The van der Waals surface area contributed by atoms with Gasteiger partial charge in [0.25, 0.3) is 5.69 Å². The number of hydrogen-bond donors (Lipinski definition) is 0. The van der Waals surface area contributed by atoms with E-state index in [2.05, 4.69) is 0 Å². The molecule has 6 nitrogen and oxygen atoms in total. The van der Waals surface area contributed by atoms with Crippen LogP contribution in [0.3, 0.4) is 0 Å². The molecule has 1 aromatic rings. The molecule has 106 valence electrons. The first kappa shape index (κ1) is 15.6. The summed E-state index contributed by atoms with van der Waals surface area (Å²) in [5.74, 6) is 0.182. The Kier molecular flexibility index (Phi) is 5.44. The average Bonchev–Trinajstić information content (AvgIpc) is 2.39. The molecule has 0 spiro atoms. The number of benzene rings is 1. The number of nitrogens with zero attached hydrogens (tertiary/aromatic N) is 1. The van der Waals surface area contributed by atoms with E-state index in [1.807, 2.05) is 0 Å². The number of hydrogen-bond acceptors (Lipinski definition) is 5. The summed E-state index contributed by atoms with van der Waals surface area (Å²) < 4.78 is 34.8. The standard InChI is InChI=1S/C11H15FNO5P/c1-3-19(16,17-9(2)8-12)18-11-6-4-10(5-7-11)13(14)15/h4-7,9H,3,8H2,1-2H3. The van der Waals surface area contributed by atoms with Crippen LogP contribution in [0.2, 0.25) is 0 Å². The second-order valence-corrected chi connectivity index (χ2v) is 6.09. The fourth-order valence-corrected chi connectivity index (χ4v) is 2.62. The minimum Gasteiger partial charge on any atom is -0.424 e. The maximum Gasteiger partial charge on any atom is 0.379 e. The zero-order chi connectivity index (χ0) is 14.5. The second-order valence-electron chi connectivity index (χ2n) is 3.84. The van der Waals surface area contributed by atoms with Gasteiger partial charge >= 0.3 is 7.60 Å². The first-order valence-electron chi connectivity index (χ1n) is 5.67. The van der Waals surface area contributed by atoms with Crippen LogP contribution in [0.25, 0.3) is 0 Å². The van der Waals surface area contributed by atoms with Gasteiger partial charge in [-0.05, 0) is 19.1 Å². The Balaban J connectivity index is 2.80. The lowest BCUT2D eigenvalue weighted by molar-refractivity contribution is -0.384. The molecular formula is C11H15FNO5P. The van der Waals surface area contributed by atoms with Gasteiger partial charge in [0.05, 0.1) is 17.2 Å². The van der Waals surface area contributed by atoms with E-state index in [0.717, 1.165) is 0 Å². The van der Waals surface area contributed by atoms with E-state index in [9.17, 15) is 19.1 Å². The zero-order valence-corrected chi connectivity index (χ0v) is 11.5. The van der Waals surface area contributed by atoms with Crippen molar-refractivity contribution in [2.24, 2.45) is 0 Å². The van der Waals surface area contributed by atoms with Crippen LogP contribution in [0, 0.1) is 10.1 Å². The van der Waals surface area contributed by atoms with Crippen molar-refractivity contribution in [3.05, 3.63) is 34.4 Å². The molecule has 0 bridgehead atoms. The van der Waals surface area contributed by atoms with Crippen LogP contribution in [0.1, 0.15) is 13.8 Å². The number of non-ortho nitro benzene ring substituents is 1. The highest BCUT2D eigenvalue weighted by Gasteiger charge is 2.26.